The molecule has 124 valence electrons. The van der Waals surface area contributed by atoms with Crippen LogP contribution in [-0.2, 0) is 9.53 Å². The number of esters is 1. The summed E-state index contributed by atoms with van der Waals surface area (Å²) < 4.78 is 4.83. The van der Waals surface area contributed by atoms with Crippen molar-refractivity contribution in [3.05, 3.63) is 28.1 Å². The van der Waals surface area contributed by atoms with E-state index < -0.39 is 11.5 Å². The largest absolute Gasteiger partial charge is 0.467 e. The number of rotatable bonds is 6. The maximum absolute atomic E-state index is 12.6. The first-order chi connectivity index (χ1) is 10.9. The summed E-state index contributed by atoms with van der Waals surface area (Å²) in [6, 6.07) is 3.92. The Balaban J connectivity index is 2.25. The third-order valence-electron chi connectivity index (χ3n) is 3.51. The predicted molar refractivity (Wildman–Crippen MR) is 93.0 cm³/mol. The van der Waals surface area contributed by atoms with Crippen LogP contribution in [0.3, 0.4) is 0 Å². The van der Waals surface area contributed by atoms with Gasteiger partial charge in [-0.05, 0) is 31.7 Å². The van der Waals surface area contributed by atoms with E-state index in [0.717, 1.165) is 16.3 Å². The first kappa shape index (κ1) is 17.6. The highest BCUT2D eigenvalue weighted by atomic mass is 32.1. The van der Waals surface area contributed by atoms with Crippen molar-refractivity contribution in [2.45, 2.75) is 39.2 Å². The second-order valence-electron chi connectivity index (χ2n) is 5.44. The van der Waals surface area contributed by atoms with Gasteiger partial charge in [0.2, 0.25) is 0 Å². The van der Waals surface area contributed by atoms with Crippen molar-refractivity contribution in [1.82, 2.24) is 10.3 Å². The van der Waals surface area contributed by atoms with Crippen molar-refractivity contribution >= 4 is 34.6 Å². The number of ether oxygens (including phenoxy) is 1. The molecule has 23 heavy (non-hydrogen) atoms. The van der Waals surface area contributed by atoms with E-state index in [1.165, 1.54) is 18.4 Å². The molecule has 0 bridgehead atoms. The fourth-order valence-corrected chi connectivity index (χ4v) is 4.12. The van der Waals surface area contributed by atoms with Crippen molar-refractivity contribution in [3.63, 3.8) is 0 Å². The normalized spacial score (nSPS) is 13.4. The zero-order valence-electron chi connectivity index (χ0n) is 13.6. The lowest BCUT2D eigenvalue weighted by molar-refractivity contribution is -0.147. The second kappa shape index (κ2) is 7.23. The number of amides is 1. The molecule has 1 unspecified atom stereocenters. The number of thiazole rings is 1. The molecule has 2 aromatic heterocycles. The molecule has 1 N–H and O–H groups in total. The lowest BCUT2D eigenvalue weighted by Gasteiger charge is -2.27. The van der Waals surface area contributed by atoms with Crippen LogP contribution >= 0.6 is 22.7 Å². The van der Waals surface area contributed by atoms with Crippen LogP contribution in [0.5, 0.6) is 0 Å². The first-order valence-electron chi connectivity index (χ1n) is 7.33. The molecule has 0 aromatic carbocycles. The van der Waals surface area contributed by atoms with E-state index in [0.29, 0.717) is 17.0 Å². The Kier molecular flexibility index (Phi) is 5.54. The predicted octanol–water partition coefficient (Wildman–Crippen LogP) is 3.64. The van der Waals surface area contributed by atoms with E-state index in [1.54, 1.807) is 25.2 Å². The lowest BCUT2D eigenvalue weighted by Crippen LogP contribution is -2.52. The summed E-state index contributed by atoms with van der Waals surface area (Å²) >= 11 is 2.92. The molecular weight excluding hydrogens is 332 g/mol. The minimum Gasteiger partial charge on any atom is -0.467 e. The minimum atomic E-state index is -1.03. The molecule has 0 spiro atoms. The molecule has 0 aliphatic carbocycles. The number of methoxy groups -OCH3 is 1. The number of thiophene rings is 1. The molecule has 0 fully saturated rings. The van der Waals surface area contributed by atoms with Gasteiger partial charge in [0.25, 0.3) is 5.91 Å². The Hall–Kier alpha value is -1.73. The number of aromatic nitrogens is 1. The summed E-state index contributed by atoms with van der Waals surface area (Å²) in [5.41, 5.74) is -0.361. The highest BCUT2D eigenvalue weighted by Gasteiger charge is 2.36. The zero-order chi connectivity index (χ0) is 17.0. The van der Waals surface area contributed by atoms with Crippen LogP contribution in [0, 0.1) is 6.92 Å². The highest BCUT2D eigenvalue weighted by Crippen LogP contribution is 2.31. The summed E-state index contributed by atoms with van der Waals surface area (Å²) in [6.07, 6.45) is 1.27. The van der Waals surface area contributed by atoms with Crippen LogP contribution < -0.4 is 5.32 Å². The number of hydrogen-bond donors (Lipinski definition) is 1. The quantitative estimate of drug-likeness (QED) is 0.806. The van der Waals surface area contributed by atoms with Crippen LogP contribution in [0.2, 0.25) is 0 Å². The Labute approximate surface area is 143 Å². The molecule has 0 saturated heterocycles. The number of hydrogen-bond acceptors (Lipinski definition) is 6. The molecule has 2 heterocycles. The van der Waals surface area contributed by atoms with Crippen molar-refractivity contribution in [2.24, 2.45) is 0 Å². The van der Waals surface area contributed by atoms with E-state index in [1.807, 2.05) is 24.4 Å². The third kappa shape index (κ3) is 3.79. The fourth-order valence-electron chi connectivity index (χ4n) is 2.36. The highest BCUT2D eigenvalue weighted by molar-refractivity contribution is 7.22. The van der Waals surface area contributed by atoms with Crippen LogP contribution in [0.15, 0.2) is 17.5 Å². The summed E-state index contributed by atoms with van der Waals surface area (Å²) in [6.45, 7) is 5.45. The first-order valence-corrected chi connectivity index (χ1v) is 9.03. The maximum Gasteiger partial charge on any atom is 0.331 e. The minimum absolute atomic E-state index is 0.288. The topological polar surface area (TPSA) is 68.3 Å². The molecule has 1 amide bonds. The average molecular weight is 352 g/mol. The lowest BCUT2D eigenvalue weighted by atomic mass is 9.96. The molecule has 5 nitrogen and oxygen atoms in total. The van der Waals surface area contributed by atoms with E-state index >= 15 is 0 Å². The van der Waals surface area contributed by atoms with Gasteiger partial charge in [-0.1, -0.05) is 19.4 Å². The second-order valence-corrected chi connectivity index (χ2v) is 7.39. The number of nitrogens with zero attached hydrogens (tertiary/aromatic N) is 1. The standard InChI is InChI=1S/C16H20N2O3S2/c1-5-8-16(3,15(20)21-4)18-13(19)12-10(2)17-14(23-12)11-7-6-9-22-11/h6-7,9H,5,8H2,1-4H3,(H,18,19). The molecule has 1 atom stereocenters. The number of nitrogens with one attached hydrogen (secondary N) is 1. The number of aryl methyl sites for hydroxylation is 1. The third-order valence-corrected chi connectivity index (χ3v) is 5.71. The van der Waals surface area contributed by atoms with Gasteiger partial charge in [0.1, 0.15) is 15.4 Å². The van der Waals surface area contributed by atoms with Gasteiger partial charge in [-0.15, -0.1) is 22.7 Å². The zero-order valence-corrected chi connectivity index (χ0v) is 15.3. The fraction of sp³-hybridized carbons (Fsp3) is 0.438. The molecule has 2 rings (SSSR count). The van der Waals surface area contributed by atoms with Gasteiger partial charge in [0.15, 0.2) is 0 Å². The Morgan fingerprint density at radius 2 is 2.17 bits per heavy atom. The van der Waals surface area contributed by atoms with Gasteiger partial charge in [-0.25, -0.2) is 9.78 Å². The summed E-state index contributed by atoms with van der Waals surface area (Å²) in [4.78, 5) is 30.7. The molecule has 7 heteroatoms. The van der Waals surface area contributed by atoms with Crippen LogP contribution in [-0.4, -0.2) is 29.5 Å². The van der Waals surface area contributed by atoms with E-state index in [2.05, 4.69) is 10.3 Å². The monoisotopic (exact) mass is 352 g/mol. The van der Waals surface area contributed by atoms with Crippen molar-refractivity contribution in [2.75, 3.05) is 7.11 Å². The summed E-state index contributed by atoms with van der Waals surface area (Å²) in [7, 11) is 1.33. The van der Waals surface area contributed by atoms with Gasteiger partial charge in [0.05, 0.1) is 17.7 Å². The molecule has 2 aromatic rings. The van der Waals surface area contributed by atoms with Crippen molar-refractivity contribution < 1.29 is 14.3 Å². The SMILES string of the molecule is CCCC(C)(NC(=O)c1sc(-c2cccs2)nc1C)C(=O)OC. The van der Waals surface area contributed by atoms with Crippen LogP contribution in [0.1, 0.15) is 42.1 Å². The average Bonchev–Trinajstić information content (AvgIpc) is 3.15. The maximum atomic E-state index is 12.6. The Morgan fingerprint density at radius 1 is 1.43 bits per heavy atom. The van der Waals surface area contributed by atoms with E-state index in [9.17, 15) is 9.59 Å². The summed E-state index contributed by atoms with van der Waals surface area (Å²) in [5.74, 6) is -0.725. The molecule has 0 aliphatic heterocycles. The number of carbonyl (C=O) groups excluding carboxylic acids is 2. The van der Waals surface area contributed by atoms with Gasteiger partial charge in [0, 0.05) is 0 Å². The van der Waals surface area contributed by atoms with Crippen molar-refractivity contribution in [3.8, 4) is 9.88 Å². The summed E-state index contributed by atoms with van der Waals surface area (Å²) in [5, 5.41) is 5.61. The Morgan fingerprint density at radius 3 is 2.74 bits per heavy atom. The smallest absolute Gasteiger partial charge is 0.331 e. The van der Waals surface area contributed by atoms with Crippen molar-refractivity contribution in [1.29, 1.82) is 0 Å². The van der Waals surface area contributed by atoms with E-state index in [4.69, 9.17) is 4.74 Å². The number of carbonyl (C=O) groups is 2. The van der Waals surface area contributed by atoms with Gasteiger partial charge >= 0.3 is 5.97 Å². The molecule has 0 radical (unpaired) electrons. The van der Waals surface area contributed by atoms with Gasteiger partial charge in [-0.2, -0.15) is 0 Å². The molecular formula is C16H20N2O3S2. The molecule has 0 aliphatic rings. The molecule has 0 saturated carbocycles. The van der Waals surface area contributed by atoms with Crippen LogP contribution in [0.25, 0.3) is 9.88 Å². The Bertz CT molecular complexity index is 694. The van der Waals surface area contributed by atoms with Crippen LogP contribution in [0.4, 0.5) is 0 Å². The van der Waals surface area contributed by atoms with Gasteiger partial charge in [-0.3, -0.25) is 4.79 Å². The van der Waals surface area contributed by atoms with Gasteiger partial charge < -0.3 is 10.1 Å². The van der Waals surface area contributed by atoms with E-state index in [-0.39, 0.29) is 5.91 Å².